The molecule has 1 aromatic rings. The Hall–Kier alpha value is -1.40. The summed E-state index contributed by atoms with van der Waals surface area (Å²) in [5.74, 6) is -0.281. The molecule has 0 saturated carbocycles. The van der Waals surface area contributed by atoms with Gasteiger partial charge in [0.05, 0.1) is 12.3 Å². The van der Waals surface area contributed by atoms with Gasteiger partial charge in [0, 0.05) is 12.8 Å². The highest BCUT2D eigenvalue weighted by molar-refractivity contribution is 6.74. The minimum Gasteiger partial charge on any atom is -0.464 e. The minimum absolute atomic E-state index is 0.230. The second-order valence-corrected chi connectivity index (χ2v) is 13.1. The van der Waals surface area contributed by atoms with Gasteiger partial charge in [0.1, 0.15) is 0 Å². The summed E-state index contributed by atoms with van der Waals surface area (Å²) in [6.45, 7) is 17.7. The number of hydrogen-bond donors (Lipinski definition) is 0. The summed E-state index contributed by atoms with van der Waals surface area (Å²) in [5.41, 5.74) is 0.0118. The number of rotatable bonds is 8. The smallest absolute Gasteiger partial charge is 0.333 e. The molecule has 0 atom stereocenters. The number of carbonyl (C=O) groups excluding carboxylic acids is 1. The van der Waals surface area contributed by atoms with Crippen LogP contribution in [0, 0.1) is 0 Å². The fraction of sp³-hybridized carbons (Fsp3) is 0.684. The van der Waals surface area contributed by atoms with Crippen LogP contribution in [-0.2, 0) is 19.5 Å². The predicted octanol–water partition coefficient (Wildman–Crippen LogP) is 4.61. The van der Waals surface area contributed by atoms with E-state index in [0.717, 1.165) is 18.7 Å². The molecule has 0 aromatic carbocycles. The summed E-state index contributed by atoms with van der Waals surface area (Å²) in [4.78, 5) is 12.0. The lowest BCUT2D eigenvalue weighted by Crippen LogP contribution is -2.40. The number of nitrogens with zero attached hydrogens (tertiary/aromatic N) is 2. The zero-order valence-electron chi connectivity index (χ0n) is 17.0. The molecular formula is C19H34N2O3Si. The van der Waals surface area contributed by atoms with Gasteiger partial charge in [-0.1, -0.05) is 26.8 Å². The lowest BCUT2D eigenvalue weighted by Gasteiger charge is -2.36. The van der Waals surface area contributed by atoms with Crippen molar-refractivity contribution >= 4 is 20.4 Å². The monoisotopic (exact) mass is 366 g/mol. The third-order valence-corrected chi connectivity index (χ3v) is 9.34. The summed E-state index contributed by atoms with van der Waals surface area (Å²) in [6, 6.07) is 1.90. The van der Waals surface area contributed by atoms with Crippen molar-refractivity contribution in [2.75, 3.05) is 13.2 Å². The molecule has 25 heavy (non-hydrogen) atoms. The van der Waals surface area contributed by atoms with E-state index in [0.29, 0.717) is 6.61 Å². The number of hydrogen-bond acceptors (Lipinski definition) is 4. The Morgan fingerprint density at radius 2 is 1.92 bits per heavy atom. The van der Waals surface area contributed by atoms with Gasteiger partial charge in [-0.05, 0) is 57.5 Å². The SMILES string of the molecule is CCOC(=O)C(C)(C)n1ccc(/C=C/CCO[Si](C)(C)C(C)(C)C)n1. The molecule has 0 N–H and O–H groups in total. The maximum absolute atomic E-state index is 12.0. The van der Waals surface area contributed by atoms with E-state index in [1.54, 1.807) is 25.5 Å². The molecule has 0 saturated heterocycles. The van der Waals surface area contributed by atoms with Gasteiger partial charge >= 0.3 is 5.97 Å². The molecule has 0 aliphatic carbocycles. The Morgan fingerprint density at radius 3 is 2.48 bits per heavy atom. The highest BCUT2D eigenvalue weighted by atomic mass is 28.4. The second kappa shape index (κ2) is 8.32. The zero-order chi connectivity index (χ0) is 19.3. The van der Waals surface area contributed by atoms with Gasteiger partial charge in [0.2, 0.25) is 0 Å². The molecule has 0 aliphatic heterocycles. The van der Waals surface area contributed by atoms with Crippen LogP contribution >= 0.6 is 0 Å². The van der Waals surface area contributed by atoms with Gasteiger partial charge in [-0.2, -0.15) is 5.10 Å². The molecule has 6 heteroatoms. The molecule has 0 radical (unpaired) electrons. The van der Waals surface area contributed by atoms with Crippen LogP contribution in [-0.4, -0.2) is 37.3 Å². The Balaban J connectivity index is 2.58. The van der Waals surface area contributed by atoms with Crippen molar-refractivity contribution < 1.29 is 14.0 Å². The lowest BCUT2D eigenvalue weighted by molar-refractivity contribution is -0.152. The first kappa shape index (κ1) is 21.6. The molecule has 0 fully saturated rings. The molecule has 0 aliphatic rings. The number of aromatic nitrogens is 2. The van der Waals surface area contributed by atoms with Crippen molar-refractivity contribution in [3.63, 3.8) is 0 Å². The summed E-state index contributed by atoms with van der Waals surface area (Å²) >= 11 is 0. The molecule has 0 bridgehead atoms. The van der Waals surface area contributed by atoms with E-state index >= 15 is 0 Å². The zero-order valence-corrected chi connectivity index (χ0v) is 18.0. The minimum atomic E-state index is -1.68. The van der Waals surface area contributed by atoms with Gasteiger partial charge in [-0.15, -0.1) is 0 Å². The van der Waals surface area contributed by atoms with E-state index in [2.05, 4.69) is 45.0 Å². The van der Waals surface area contributed by atoms with E-state index < -0.39 is 13.9 Å². The summed E-state index contributed by atoms with van der Waals surface area (Å²) in [5, 5.41) is 4.70. The van der Waals surface area contributed by atoms with Crippen LogP contribution in [0.1, 0.15) is 53.7 Å². The van der Waals surface area contributed by atoms with Crippen LogP contribution in [0.15, 0.2) is 18.3 Å². The van der Waals surface area contributed by atoms with Crippen LogP contribution in [0.25, 0.3) is 6.08 Å². The molecule has 142 valence electrons. The average Bonchev–Trinajstić information content (AvgIpc) is 2.95. The van der Waals surface area contributed by atoms with Crippen LogP contribution in [0.5, 0.6) is 0 Å². The van der Waals surface area contributed by atoms with Crippen LogP contribution < -0.4 is 0 Å². The summed E-state index contributed by atoms with van der Waals surface area (Å²) in [7, 11) is -1.68. The van der Waals surface area contributed by atoms with Crippen molar-refractivity contribution in [1.29, 1.82) is 0 Å². The Kier molecular flexibility index (Phi) is 7.20. The third kappa shape index (κ3) is 5.82. The van der Waals surface area contributed by atoms with Gasteiger partial charge < -0.3 is 9.16 Å². The van der Waals surface area contributed by atoms with Crippen molar-refractivity contribution in [1.82, 2.24) is 9.78 Å². The highest BCUT2D eigenvalue weighted by Crippen LogP contribution is 2.36. The van der Waals surface area contributed by atoms with Gasteiger partial charge in [-0.25, -0.2) is 4.79 Å². The predicted molar refractivity (Wildman–Crippen MR) is 105 cm³/mol. The highest BCUT2D eigenvalue weighted by Gasteiger charge is 2.36. The summed E-state index contributed by atoms with van der Waals surface area (Å²) < 4.78 is 12.9. The van der Waals surface area contributed by atoms with E-state index in [1.807, 2.05) is 18.3 Å². The van der Waals surface area contributed by atoms with Crippen molar-refractivity contribution in [2.24, 2.45) is 0 Å². The van der Waals surface area contributed by atoms with E-state index in [9.17, 15) is 4.79 Å². The van der Waals surface area contributed by atoms with Crippen LogP contribution in [0.4, 0.5) is 0 Å². The van der Waals surface area contributed by atoms with Crippen LogP contribution in [0.3, 0.4) is 0 Å². The van der Waals surface area contributed by atoms with Crippen LogP contribution in [0.2, 0.25) is 18.1 Å². The molecule has 0 unspecified atom stereocenters. The number of esters is 1. The quantitative estimate of drug-likeness (QED) is 0.383. The number of carbonyl (C=O) groups is 1. The van der Waals surface area contributed by atoms with Crippen molar-refractivity contribution in [3.05, 3.63) is 24.0 Å². The van der Waals surface area contributed by atoms with E-state index in [1.165, 1.54) is 0 Å². The van der Waals surface area contributed by atoms with E-state index in [4.69, 9.17) is 9.16 Å². The van der Waals surface area contributed by atoms with Gasteiger partial charge in [0.25, 0.3) is 0 Å². The Labute approximate surface area is 153 Å². The lowest BCUT2D eigenvalue weighted by atomic mass is 10.1. The molecule has 0 spiro atoms. The normalized spacial score (nSPS) is 13.4. The maximum atomic E-state index is 12.0. The molecule has 0 amide bonds. The van der Waals surface area contributed by atoms with Crippen molar-refractivity contribution in [2.45, 2.75) is 71.6 Å². The fourth-order valence-electron chi connectivity index (χ4n) is 1.94. The molecule has 1 aromatic heterocycles. The van der Waals surface area contributed by atoms with Gasteiger partial charge in [0.15, 0.2) is 13.9 Å². The van der Waals surface area contributed by atoms with Gasteiger partial charge in [-0.3, -0.25) is 4.68 Å². The Bertz CT molecular complexity index is 598. The topological polar surface area (TPSA) is 53.4 Å². The largest absolute Gasteiger partial charge is 0.464 e. The fourth-order valence-corrected chi connectivity index (χ4v) is 3.00. The first-order valence-electron chi connectivity index (χ1n) is 8.95. The average molecular weight is 367 g/mol. The van der Waals surface area contributed by atoms with Crippen molar-refractivity contribution in [3.8, 4) is 0 Å². The Morgan fingerprint density at radius 1 is 1.28 bits per heavy atom. The first-order valence-corrected chi connectivity index (χ1v) is 11.9. The standard InChI is InChI=1S/C19H34N2O3Si/c1-9-23-17(22)19(5,6)21-14-13-16(20-21)12-10-11-15-24-25(7,8)18(2,3)4/h10,12-14H,9,11,15H2,1-8H3/b12-10+. The molecular weight excluding hydrogens is 332 g/mol. The molecule has 1 rings (SSSR count). The molecule has 1 heterocycles. The maximum Gasteiger partial charge on any atom is 0.333 e. The number of ether oxygens (including phenoxy) is 1. The van der Waals surface area contributed by atoms with E-state index in [-0.39, 0.29) is 11.0 Å². The molecule has 5 nitrogen and oxygen atoms in total. The second-order valence-electron chi connectivity index (χ2n) is 8.26. The third-order valence-electron chi connectivity index (χ3n) is 4.80. The first-order chi connectivity index (χ1) is 11.4. The summed E-state index contributed by atoms with van der Waals surface area (Å²) in [6.07, 6.45) is 6.69.